The molecule has 146 valence electrons. The van der Waals surface area contributed by atoms with Crippen molar-refractivity contribution in [2.24, 2.45) is 0 Å². The number of rotatable bonds is 7. The molecule has 0 unspecified atom stereocenters. The van der Waals surface area contributed by atoms with Gasteiger partial charge in [0.1, 0.15) is 12.3 Å². The van der Waals surface area contributed by atoms with Gasteiger partial charge in [-0.15, -0.1) is 0 Å². The first-order valence-corrected chi connectivity index (χ1v) is 10.6. The van der Waals surface area contributed by atoms with Gasteiger partial charge in [-0.25, -0.2) is 8.42 Å². The highest BCUT2D eigenvalue weighted by atomic mass is 35.5. The van der Waals surface area contributed by atoms with Crippen LogP contribution in [-0.2, 0) is 14.8 Å². The van der Waals surface area contributed by atoms with Crippen LogP contribution < -0.4 is 14.4 Å². The molecule has 6 nitrogen and oxygen atoms in total. The molecule has 8 heteroatoms. The molecular formula is C19H23ClN2O4S. The molecule has 0 aromatic heterocycles. The van der Waals surface area contributed by atoms with Crippen LogP contribution in [0, 0.1) is 6.92 Å². The Morgan fingerprint density at radius 1 is 1.22 bits per heavy atom. The molecule has 0 aliphatic heterocycles. The average Bonchev–Trinajstić information content (AvgIpc) is 2.54. The lowest BCUT2D eigenvalue weighted by atomic mass is 10.2. The first-order valence-electron chi connectivity index (χ1n) is 8.36. The monoisotopic (exact) mass is 410 g/mol. The Balaban J connectivity index is 2.18. The van der Waals surface area contributed by atoms with Crippen LogP contribution in [-0.4, -0.2) is 33.2 Å². The number of hydrogen-bond donors (Lipinski definition) is 1. The molecule has 0 saturated carbocycles. The molecule has 0 radical (unpaired) electrons. The molecule has 2 aromatic carbocycles. The summed E-state index contributed by atoms with van der Waals surface area (Å²) in [5.41, 5.74) is 1.67. The maximum absolute atomic E-state index is 12.4. The molecule has 2 aromatic rings. The van der Waals surface area contributed by atoms with Crippen LogP contribution in [0.25, 0.3) is 0 Å². The van der Waals surface area contributed by atoms with E-state index in [1.54, 1.807) is 36.4 Å². The molecule has 0 aliphatic rings. The highest BCUT2D eigenvalue weighted by Gasteiger charge is 2.21. The quantitative estimate of drug-likeness (QED) is 0.752. The average molecular weight is 411 g/mol. The standard InChI is InChI=1S/C19H23ClN2O4S/c1-13(2)26-17-7-5-6-15(10-17)21-19(23)12-22(27(4,24)25)16-9-8-14(3)18(20)11-16/h5-11,13H,12H2,1-4H3,(H,21,23). The summed E-state index contributed by atoms with van der Waals surface area (Å²) in [5, 5.41) is 3.13. The third-order valence-corrected chi connectivity index (χ3v) is 5.17. The topological polar surface area (TPSA) is 75.7 Å². The van der Waals surface area contributed by atoms with Gasteiger partial charge in [-0.2, -0.15) is 0 Å². The van der Waals surface area contributed by atoms with E-state index in [9.17, 15) is 13.2 Å². The van der Waals surface area contributed by atoms with E-state index in [0.29, 0.717) is 22.1 Å². The Morgan fingerprint density at radius 2 is 1.93 bits per heavy atom. The van der Waals surface area contributed by atoms with E-state index < -0.39 is 15.9 Å². The number of carbonyl (C=O) groups is 1. The molecule has 0 atom stereocenters. The van der Waals surface area contributed by atoms with E-state index in [0.717, 1.165) is 16.1 Å². The third-order valence-electron chi connectivity index (χ3n) is 3.62. The second-order valence-corrected chi connectivity index (χ2v) is 8.76. The number of carbonyl (C=O) groups excluding carboxylic acids is 1. The van der Waals surface area contributed by atoms with Crippen LogP contribution in [0.5, 0.6) is 5.75 Å². The molecule has 0 fully saturated rings. The van der Waals surface area contributed by atoms with Gasteiger partial charge in [-0.3, -0.25) is 9.10 Å². The minimum absolute atomic E-state index is 0.00274. The molecule has 0 saturated heterocycles. The number of anilines is 2. The number of ether oxygens (including phenoxy) is 1. The number of nitrogens with one attached hydrogen (secondary N) is 1. The van der Waals surface area contributed by atoms with Crippen molar-refractivity contribution < 1.29 is 17.9 Å². The van der Waals surface area contributed by atoms with Gasteiger partial charge >= 0.3 is 0 Å². The normalized spacial score (nSPS) is 11.3. The number of sulfonamides is 1. The predicted octanol–water partition coefficient (Wildman–Crippen LogP) is 3.84. The summed E-state index contributed by atoms with van der Waals surface area (Å²) >= 11 is 6.10. The van der Waals surface area contributed by atoms with Gasteiger partial charge in [0.15, 0.2) is 0 Å². The SMILES string of the molecule is Cc1ccc(N(CC(=O)Nc2cccc(OC(C)C)c2)S(C)(=O)=O)cc1Cl. The first-order chi connectivity index (χ1) is 12.6. The van der Waals surface area contributed by atoms with E-state index in [1.807, 2.05) is 20.8 Å². The number of nitrogens with zero attached hydrogens (tertiary/aromatic N) is 1. The zero-order valence-electron chi connectivity index (χ0n) is 15.7. The van der Waals surface area contributed by atoms with Crippen LogP contribution in [0.2, 0.25) is 5.02 Å². The molecule has 2 rings (SSSR count). The zero-order chi connectivity index (χ0) is 20.2. The summed E-state index contributed by atoms with van der Waals surface area (Å²) in [4.78, 5) is 12.4. The zero-order valence-corrected chi connectivity index (χ0v) is 17.3. The molecule has 1 N–H and O–H groups in total. The fourth-order valence-corrected chi connectivity index (χ4v) is 3.41. The Morgan fingerprint density at radius 3 is 2.52 bits per heavy atom. The molecule has 0 spiro atoms. The van der Waals surface area contributed by atoms with Crippen molar-refractivity contribution in [1.82, 2.24) is 0 Å². The molecule has 27 heavy (non-hydrogen) atoms. The van der Waals surface area contributed by atoms with Gasteiger partial charge < -0.3 is 10.1 Å². The lowest BCUT2D eigenvalue weighted by molar-refractivity contribution is -0.114. The number of aryl methyl sites for hydroxylation is 1. The van der Waals surface area contributed by atoms with Crippen LogP contribution >= 0.6 is 11.6 Å². The molecule has 0 heterocycles. The highest BCUT2D eigenvalue weighted by molar-refractivity contribution is 7.92. The second-order valence-electron chi connectivity index (χ2n) is 6.45. The van der Waals surface area contributed by atoms with E-state index in [4.69, 9.17) is 16.3 Å². The van der Waals surface area contributed by atoms with Gasteiger partial charge in [-0.05, 0) is 50.6 Å². The van der Waals surface area contributed by atoms with Gasteiger partial charge in [0.25, 0.3) is 0 Å². The number of amides is 1. The van der Waals surface area contributed by atoms with Crippen molar-refractivity contribution in [3.05, 3.63) is 53.1 Å². The fraction of sp³-hybridized carbons (Fsp3) is 0.316. The van der Waals surface area contributed by atoms with E-state index in [2.05, 4.69) is 5.32 Å². The molecule has 0 aliphatic carbocycles. The first kappa shape index (κ1) is 21.1. The second kappa shape index (κ2) is 8.63. The fourth-order valence-electron chi connectivity index (χ4n) is 2.39. The lowest BCUT2D eigenvalue weighted by Crippen LogP contribution is -2.37. The third kappa shape index (κ3) is 6.15. The van der Waals surface area contributed by atoms with E-state index >= 15 is 0 Å². The van der Waals surface area contributed by atoms with Gasteiger partial charge in [0.2, 0.25) is 15.9 Å². The predicted molar refractivity (Wildman–Crippen MR) is 109 cm³/mol. The van der Waals surface area contributed by atoms with Crippen molar-refractivity contribution in [1.29, 1.82) is 0 Å². The summed E-state index contributed by atoms with van der Waals surface area (Å²) in [6, 6.07) is 11.8. The Labute approximate surface area is 165 Å². The lowest BCUT2D eigenvalue weighted by Gasteiger charge is -2.22. The number of halogens is 1. The van der Waals surface area contributed by atoms with Crippen LogP contribution in [0.4, 0.5) is 11.4 Å². The molecule has 0 bridgehead atoms. The summed E-state index contributed by atoms with van der Waals surface area (Å²) in [5.74, 6) is 0.145. The maximum Gasteiger partial charge on any atom is 0.245 e. The van der Waals surface area contributed by atoms with Crippen molar-refractivity contribution >= 4 is 38.9 Å². The molecule has 1 amide bonds. The number of hydrogen-bond acceptors (Lipinski definition) is 4. The van der Waals surface area contributed by atoms with E-state index in [1.165, 1.54) is 6.07 Å². The summed E-state index contributed by atoms with van der Waals surface area (Å²) in [6.07, 6.45) is 1.05. The van der Waals surface area contributed by atoms with Crippen molar-refractivity contribution in [3.63, 3.8) is 0 Å². The summed E-state index contributed by atoms with van der Waals surface area (Å²) in [7, 11) is -3.67. The summed E-state index contributed by atoms with van der Waals surface area (Å²) in [6.45, 7) is 5.26. The summed E-state index contributed by atoms with van der Waals surface area (Å²) < 4.78 is 31.0. The Bertz CT molecular complexity index is 929. The van der Waals surface area contributed by atoms with Crippen LogP contribution in [0.15, 0.2) is 42.5 Å². The maximum atomic E-state index is 12.4. The van der Waals surface area contributed by atoms with Crippen molar-refractivity contribution in [2.45, 2.75) is 26.9 Å². The van der Waals surface area contributed by atoms with Crippen LogP contribution in [0.3, 0.4) is 0 Å². The van der Waals surface area contributed by atoms with Gasteiger partial charge in [0.05, 0.1) is 18.0 Å². The number of benzene rings is 2. The highest BCUT2D eigenvalue weighted by Crippen LogP contribution is 2.25. The molecular weight excluding hydrogens is 388 g/mol. The Hall–Kier alpha value is -2.25. The Kier molecular flexibility index (Phi) is 6.73. The largest absolute Gasteiger partial charge is 0.491 e. The minimum Gasteiger partial charge on any atom is -0.491 e. The van der Waals surface area contributed by atoms with Crippen molar-refractivity contribution in [2.75, 3.05) is 22.4 Å². The smallest absolute Gasteiger partial charge is 0.245 e. The van der Waals surface area contributed by atoms with Crippen LogP contribution in [0.1, 0.15) is 19.4 Å². The van der Waals surface area contributed by atoms with E-state index in [-0.39, 0.29) is 12.6 Å². The van der Waals surface area contributed by atoms with Crippen molar-refractivity contribution in [3.8, 4) is 5.75 Å². The van der Waals surface area contributed by atoms with Gasteiger partial charge in [-0.1, -0.05) is 23.7 Å². The van der Waals surface area contributed by atoms with Gasteiger partial charge in [0, 0.05) is 16.8 Å². The minimum atomic E-state index is -3.67.